The fourth-order valence-electron chi connectivity index (χ4n) is 4.30. The maximum absolute atomic E-state index is 13.1. The predicted octanol–water partition coefficient (Wildman–Crippen LogP) is 3.52. The number of carbonyl (C=O) groups excluding carboxylic acids is 2. The Hall–Kier alpha value is -5.59. The summed E-state index contributed by atoms with van der Waals surface area (Å²) in [4.78, 5) is 57.3. The van der Waals surface area contributed by atoms with Crippen LogP contribution in [0.25, 0.3) is 11.3 Å². The third kappa shape index (κ3) is 6.53. The number of piperazine rings is 1. The van der Waals surface area contributed by atoms with E-state index in [1.807, 2.05) is 11.0 Å². The van der Waals surface area contributed by atoms with Gasteiger partial charge in [-0.05, 0) is 36.4 Å². The zero-order valence-electron chi connectivity index (χ0n) is 22.0. The van der Waals surface area contributed by atoms with E-state index in [9.17, 15) is 19.5 Å². The molecule has 1 aliphatic rings. The summed E-state index contributed by atoms with van der Waals surface area (Å²) in [5.41, 5.74) is 2.27. The van der Waals surface area contributed by atoms with E-state index in [4.69, 9.17) is 9.72 Å². The molecule has 0 saturated carbocycles. The second-order valence-electron chi connectivity index (χ2n) is 9.03. The molecule has 4 aromatic rings. The summed E-state index contributed by atoms with van der Waals surface area (Å²) in [6.45, 7) is 1.78. The van der Waals surface area contributed by atoms with E-state index >= 15 is 0 Å². The number of anilines is 4. The molecule has 0 radical (unpaired) electrons. The zero-order valence-corrected chi connectivity index (χ0v) is 22.0. The third-order valence-corrected chi connectivity index (χ3v) is 6.36. The third-order valence-electron chi connectivity index (χ3n) is 6.36. The molecule has 1 aliphatic heterocycles. The molecule has 0 spiro atoms. The number of nitrogens with zero attached hydrogens (tertiary/aromatic N) is 6. The lowest BCUT2D eigenvalue weighted by Crippen LogP contribution is -2.48. The number of benzene rings is 1. The number of hydrogen-bond donors (Lipinski definition) is 3. The van der Waals surface area contributed by atoms with Crippen molar-refractivity contribution in [1.82, 2.24) is 24.8 Å². The number of methoxy groups -OCH3 is 1. The highest BCUT2D eigenvalue weighted by molar-refractivity contribution is 6.06. The number of rotatable bonds is 7. The Morgan fingerprint density at radius 3 is 2.44 bits per heavy atom. The number of esters is 1. The van der Waals surface area contributed by atoms with Gasteiger partial charge in [0.1, 0.15) is 17.5 Å². The summed E-state index contributed by atoms with van der Waals surface area (Å²) in [5.74, 6) is 0.595. The van der Waals surface area contributed by atoms with E-state index in [1.165, 1.54) is 18.1 Å². The van der Waals surface area contributed by atoms with Gasteiger partial charge in [-0.1, -0.05) is 6.07 Å². The molecule has 4 heterocycles. The fraction of sp³-hybridized carbons (Fsp3) is 0.179. The van der Waals surface area contributed by atoms with Crippen LogP contribution in [0, 0.1) is 0 Å². The van der Waals surface area contributed by atoms with Gasteiger partial charge >= 0.3 is 12.1 Å². The molecule has 13 nitrogen and oxygen atoms in total. The number of carbonyl (C=O) groups is 3. The first-order chi connectivity index (χ1) is 19.9. The van der Waals surface area contributed by atoms with Crippen molar-refractivity contribution >= 4 is 41.1 Å². The zero-order chi connectivity index (χ0) is 28.8. The lowest BCUT2D eigenvalue weighted by atomic mass is 10.1. The summed E-state index contributed by atoms with van der Waals surface area (Å²) in [6, 6.07) is 13.3. The van der Waals surface area contributed by atoms with Gasteiger partial charge in [-0.25, -0.2) is 24.5 Å². The van der Waals surface area contributed by atoms with Crippen molar-refractivity contribution in [2.24, 2.45) is 0 Å². The highest BCUT2D eigenvalue weighted by Crippen LogP contribution is 2.28. The molecular weight excluding hydrogens is 528 g/mol. The topological polar surface area (TPSA) is 163 Å². The minimum Gasteiger partial charge on any atom is -0.465 e. The van der Waals surface area contributed by atoms with Gasteiger partial charge < -0.3 is 30.3 Å². The second kappa shape index (κ2) is 12.1. The van der Waals surface area contributed by atoms with Gasteiger partial charge in [0.05, 0.1) is 24.6 Å². The smallest absolute Gasteiger partial charge is 0.407 e. The number of amides is 2. The number of nitrogens with one attached hydrogen (secondary N) is 2. The van der Waals surface area contributed by atoms with E-state index in [-0.39, 0.29) is 11.1 Å². The lowest BCUT2D eigenvalue weighted by Gasteiger charge is -2.33. The van der Waals surface area contributed by atoms with Crippen LogP contribution in [-0.2, 0) is 4.74 Å². The number of hydrogen-bond acceptors (Lipinski definition) is 10. The molecule has 3 N–H and O–H groups in total. The van der Waals surface area contributed by atoms with Crippen molar-refractivity contribution in [3.05, 3.63) is 84.4 Å². The summed E-state index contributed by atoms with van der Waals surface area (Å²) >= 11 is 0. The summed E-state index contributed by atoms with van der Waals surface area (Å²) in [5, 5.41) is 15.2. The highest BCUT2D eigenvalue weighted by Gasteiger charge is 2.22. The monoisotopic (exact) mass is 554 g/mol. The van der Waals surface area contributed by atoms with E-state index < -0.39 is 18.0 Å². The van der Waals surface area contributed by atoms with Crippen molar-refractivity contribution in [3.63, 3.8) is 0 Å². The van der Waals surface area contributed by atoms with Crippen LogP contribution in [0.2, 0.25) is 0 Å². The molecule has 3 aromatic heterocycles. The van der Waals surface area contributed by atoms with Gasteiger partial charge in [-0.2, -0.15) is 0 Å². The van der Waals surface area contributed by atoms with Crippen LogP contribution >= 0.6 is 0 Å². The Morgan fingerprint density at radius 2 is 1.71 bits per heavy atom. The molecule has 0 aliphatic carbocycles. The fourth-order valence-corrected chi connectivity index (χ4v) is 4.30. The van der Waals surface area contributed by atoms with Crippen molar-refractivity contribution in [3.8, 4) is 11.3 Å². The Morgan fingerprint density at radius 1 is 0.902 bits per heavy atom. The first kappa shape index (κ1) is 27.0. The van der Waals surface area contributed by atoms with E-state index in [2.05, 4.69) is 25.6 Å². The van der Waals surface area contributed by atoms with Gasteiger partial charge in [0.2, 0.25) is 0 Å². The van der Waals surface area contributed by atoms with E-state index in [1.54, 1.807) is 61.2 Å². The van der Waals surface area contributed by atoms with Crippen LogP contribution in [0.5, 0.6) is 0 Å². The molecule has 1 saturated heterocycles. The molecular formula is C28H26N8O5. The quantitative estimate of drug-likeness (QED) is 0.287. The Bertz CT molecular complexity index is 1580. The van der Waals surface area contributed by atoms with Gasteiger partial charge in [-0.15, -0.1) is 0 Å². The standard InChI is InChI=1S/C28H26N8O5/c1-41-27(38)20-4-2-3-19(13-20)26(37)32-21-15-22(33-23(16-21)34-24-17-29-7-8-30-24)18-5-6-31-25(14-18)35-9-11-36(12-10-35)28(39)40/h2-8,13-17H,9-12H2,1H3,(H,39,40)(H2,30,32,33,34,37). The Kier molecular flexibility index (Phi) is 7.95. The van der Waals surface area contributed by atoms with Crippen molar-refractivity contribution in [1.29, 1.82) is 0 Å². The van der Waals surface area contributed by atoms with Crippen LogP contribution in [0.1, 0.15) is 20.7 Å². The Balaban J connectivity index is 1.44. The molecule has 13 heteroatoms. The molecule has 208 valence electrons. The second-order valence-corrected chi connectivity index (χ2v) is 9.03. The minimum atomic E-state index is -0.936. The maximum atomic E-state index is 13.1. The van der Waals surface area contributed by atoms with Crippen LogP contribution in [-0.4, -0.2) is 81.2 Å². The first-order valence-corrected chi connectivity index (χ1v) is 12.6. The van der Waals surface area contributed by atoms with Gasteiger partial charge in [0.25, 0.3) is 5.91 Å². The summed E-state index contributed by atoms with van der Waals surface area (Å²) in [6.07, 6.45) is 5.37. The lowest BCUT2D eigenvalue weighted by molar-refractivity contribution is 0.0600. The molecule has 5 rings (SSSR count). The van der Waals surface area contributed by atoms with Crippen molar-refractivity contribution < 1.29 is 24.2 Å². The summed E-state index contributed by atoms with van der Waals surface area (Å²) in [7, 11) is 1.28. The SMILES string of the molecule is COC(=O)c1cccc(C(=O)Nc2cc(Nc3cnccn3)nc(-c3ccnc(N4CCN(C(=O)O)CC4)c3)c2)c1. The number of aromatic nitrogens is 4. The molecule has 0 atom stereocenters. The van der Waals surface area contributed by atoms with E-state index in [0.29, 0.717) is 55.0 Å². The van der Waals surface area contributed by atoms with Crippen molar-refractivity contribution in [2.75, 3.05) is 48.8 Å². The minimum absolute atomic E-state index is 0.258. The van der Waals surface area contributed by atoms with E-state index in [0.717, 1.165) is 5.56 Å². The molecule has 1 aromatic carbocycles. The van der Waals surface area contributed by atoms with Crippen LogP contribution in [0.4, 0.5) is 27.9 Å². The number of ether oxygens (including phenoxy) is 1. The predicted molar refractivity (Wildman–Crippen MR) is 150 cm³/mol. The highest BCUT2D eigenvalue weighted by atomic mass is 16.5. The molecule has 1 fully saturated rings. The first-order valence-electron chi connectivity index (χ1n) is 12.6. The Labute approximate surface area is 234 Å². The maximum Gasteiger partial charge on any atom is 0.407 e. The number of carboxylic acid groups (broad SMARTS) is 1. The van der Waals surface area contributed by atoms with Crippen LogP contribution in [0.15, 0.2) is 73.3 Å². The van der Waals surface area contributed by atoms with Crippen LogP contribution < -0.4 is 15.5 Å². The molecule has 0 unspecified atom stereocenters. The average molecular weight is 555 g/mol. The van der Waals surface area contributed by atoms with Gasteiger partial charge in [0.15, 0.2) is 0 Å². The summed E-state index contributed by atoms with van der Waals surface area (Å²) < 4.78 is 4.76. The average Bonchev–Trinajstić information content (AvgIpc) is 3.01. The number of pyridine rings is 2. The van der Waals surface area contributed by atoms with Crippen LogP contribution in [0.3, 0.4) is 0 Å². The normalized spacial score (nSPS) is 12.9. The molecule has 2 amide bonds. The van der Waals surface area contributed by atoms with Crippen molar-refractivity contribution in [2.45, 2.75) is 0 Å². The molecule has 41 heavy (non-hydrogen) atoms. The largest absolute Gasteiger partial charge is 0.465 e. The molecule has 0 bridgehead atoms. The van der Waals surface area contributed by atoms with Gasteiger partial charge in [-0.3, -0.25) is 9.78 Å². The van der Waals surface area contributed by atoms with Gasteiger partial charge in [0, 0.05) is 67.7 Å².